The summed E-state index contributed by atoms with van der Waals surface area (Å²) in [5.74, 6) is -0.589. The minimum Gasteiger partial charge on any atom is -0.352 e. The molecule has 0 aliphatic carbocycles. The second kappa shape index (κ2) is 5.66. The number of halogens is 2. The van der Waals surface area contributed by atoms with Gasteiger partial charge in [-0.15, -0.1) is 6.58 Å². The van der Waals surface area contributed by atoms with Gasteiger partial charge in [-0.2, -0.15) is 0 Å². The Balaban J connectivity index is 2.64. The second-order valence-corrected chi connectivity index (χ2v) is 3.92. The number of rotatable bonds is 4. The Kier molecular flexibility index (Phi) is 4.49. The van der Waals surface area contributed by atoms with Crippen LogP contribution in [0.15, 0.2) is 35.3 Å². The normalized spacial score (nSPS) is 9.73. The van der Waals surface area contributed by atoms with Gasteiger partial charge in [0.1, 0.15) is 5.82 Å². The van der Waals surface area contributed by atoms with Gasteiger partial charge in [-0.1, -0.05) is 28.1 Å². The molecule has 1 aromatic carbocycles. The second-order valence-electron chi connectivity index (χ2n) is 3.01. The zero-order valence-electron chi connectivity index (χ0n) is 8.09. The molecule has 1 amide bonds. The van der Waals surface area contributed by atoms with Crippen LogP contribution < -0.4 is 5.32 Å². The van der Waals surface area contributed by atoms with Crippen LogP contribution in [-0.2, 0) is 11.2 Å². The van der Waals surface area contributed by atoms with Crippen molar-refractivity contribution in [1.82, 2.24) is 5.32 Å². The minimum atomic E-state index is -0.377. The predicted octanol–water partition coefficient (Wildman–Crippen LogP) is 2.43. The van der Waals surface area contributed by atoms with E-state index in [1.54, 1.807) is 18.2 Å². The van der Waals surface area contributed by atoms with Crippen LogP contribution >= 0.6 is 15.9 Å². The number of carbonyl (C=O) groups is 1. The number of hydrogen-bond acceptors (Lipinski definition) is 1. The lowest BCUT2D eigenvalue weighted by atomic mass is 10.1. The molecule has 0 heterocycles. The Morgan fingerprint density at radius 3 is 2.93 bits per heavy atom. The van der Waals surface area contributed by atoms with Gasteiger partial charge < -0.3 is 5.32 Å². The van der Waals surface area contributed by atoms with Crippen molar-refractivity contribution in [2.45, 2.75) is 6.42 Å². The molecule has 1 N–H and O–H groups in total. The molecule has 0 radical (unpaired) electrons. The minimum absolute atomic E-state index is 0.0486. The van der Waals surface area contributed by atoms with Gasteiger partial charge in [-0.3, -0.25) is 4.79 Å². The first kappa shape index (κ1) is 11.9. The Labute approximate surface area is 96.3 Å². The van der Waals surface area contributed by atoms with Crippen molar-refractivity contribution in [2.75, 3.05) is 6.54 Å². The summed E-state index contributed by atoms with van der Waals surface area (Å²) < 4.78 is 14.0. The fourth-order valence-corrected chi connectivity index (χ4v) is 1.42. The lowest BCUT2D eigenvalue weighted by molar-refractivity contribution is -0.120. The van der Waals surface area contributed by atoms with Crippen molar-refractivity contribution in [2.24, 2.45) is 0 Å². The van der Waals surface area contributed by atoms with Gasteiger partial charge in [-0.25, -0.2) is 4.39 Å². The van der Waals surface area contributed by atoms with Crippen molar-refractivity contribution in [3.05, 3.63) is 46.7 Å². The summed E-state index contributed by atoms with van der Waals surface area (Å²) in [5, 5.41) is 2.59. The first-order chi connectivity index (χ1) is 7.13. The first-order valence-corrected chi connectivity index (χ1v) is 5.24. The molecule has 0 saturated heterocycles. The van der Waals surface area contributed by atoms with Crippen LogP contribution in [0.5, 0.6) is 0 Å². The summed E-state index contributed by atoms with van der Waals surface area (Å²) >= 11 is 3.15. The molecule has 0 atom stereocenters. The lowest BCUT2D eigenvalue weighted by Crippen LogP contribution is -2.25. The van der Waals surface area contributed by atoms with Crippen LogP contribution in [0, 0.1) is 5.82 Å². The van der Waals surface area contributed by atoms with Crippen molar-refractivity contribution >= 4 is 21.8 Å². The average Bonchev–Trinajstić information content (AvgIpc) is 2.19. The van der Waals surface area contributed by atoms with Gasteiger partial charge in [0, 0.05) is 11.0 Å². The highest BCUT2D eigenvalue weighted by molar-refractivity contribution is 9.10. The van der Waals surface area contributed by atoms with E-state index in [1.807, 2.05) is 0 Å². The number of hydrogen-bond donors (Lipinski definition) is 1. The van der Waals surface area contributed by atoms with Crippen LogP contribution in [0.25, 0.3) is 0 Å². The summed E-state index contributed by atoms with van der Waals surface area (Å²) in [5.41, 5.74) is 0.389. The van der Waals surface area contributed by atoms with Crippen LogP contribution in [0.2, 0.25) is 0 Å². The quantitative estimate of drug-likeness (QED) is 0.838. The molecule has 0 spiro atoms. The van der Waals surface area contributed by atoms with E-state index >= 15 is 0 Å². The summed E-state index contributed by atoms with van der Waals surface area (Å²) in [6.07, 6.45) is 1.63. The summed E-state index contributed by atoms with van der Waals surface area (Å²) in [6, 6.07) is 4.64. The third-order valence-corrected chi connectivity index (χ3v) is 2.30. The molecule has 1 rings (SSSR count). The van der Waals surface area contributed by atoms with Crippen LogP contribution in [0.1, 0.15) is 5.56 Å². The molecule has 0 aliphatic rings. The topological polar surface area (TPSA) is 29.1 Å². The molecule has 1 aromatic rings. The van der Waals surface area contributed by atoms with Crippen molar-refractivity contribution in [3.8, 4) is 0 Å². The van der Waals surface area contributed by atoms with Crippen molar-refractivity contribution in [3.63, 3.8) is 0 Å². The summed E-state index contributed by atoms with van der Waals surface area (Å²) in [6.45, 7) is 3.87. The fraction of sp³-hybridized carbons (Fsp3) is 0.182. The van der Waals surface area contributed by atoms with Crippen LogP contribution in [0.4, 0.5) is 4.39 Å². The van der Waals surface area contributed by atoms with E-state index in [4.69, 9.17) is 0 Å². The molecule has 80 valence electrons. The van der Waals surface area contributed by atoms with Gasteiger partial charge in [0.25, 0.3) is 0 Å². The number of benzene rings is 1. The monoisotopic (exact) mass is 271 g/mol. The van der Waals surface area contributed by atoms with E-state index in [1.165, 1.54) is 6.07 Å². The maximum atomic E-state index is 13.3. The molecule has 0 unspecified atom stereocenters. The SMILES string of the molecule is C=CCNC(=O)Cc1ccc(Br)cc1F. The third-order valence-electron chi connectivity index (χ3n) is 1.81. The molecular weight excluding hydrogens is 261 g/mol. The molecule has 15 heavy (non-hydrogen) atoms. The number of carbonyl (C=O) groups excluding carboxylic acids is 1. The first-order valence-electron chi connectivity index (χ1n) is 4.45. The molecule has 4 heteroatoms. The summed E-state index contributed by atoms with van der Waals surface area (Å²) in [4.78, 5) is 11.3. The largest absolute Gasteiger partial charge is 0.352 e. The molecule has 0 aromatic heterocycles. The van der Waals surface area contributed by atoms with Gasteiger partial charge in [0.2, 0.25) is 5.91 Å². The fourth-order valence-electron chi connectivity index (χ4n) is 1.09. The Morgan fingerprint density at radius 2 is 2.33 bits per heavy atom. The highest BCUT2D eigenvalue weighted by atomic mass is 79.9. The van der Waals surface area contributed by atoms with Crippen molar-refractivity contribution < 1.29 is 9.18 Å². The zero-order chi connectivity index (χ0) is 11.3. The third kappa shape index (κ3) is 3.83. The number of amides is 1. The molecule has 0 bridgehead atoms. The molecule has 0 aliphatic heterocycles. The average molecular weight is 272 g/mol. The van der Waals surface area contributed by atoms with Gasteiger partial charge in [0.05, 0.1) is 6.42 Å². The van der Waals surface area contributed by atoms with Crippen molar-refractivity contribution in [1.29, 1.82) is 0 Å². The Bertz CT molecular complexity index is 379. The highest BCUT2D eigenvalue weighted by Crippen LogP contribution is 2.15. The maximum absolute atomic E-state index is 13.3. The molecular formula is C11H11BrFNO. The van der Waals surface area contributed by atoms with E-state index < -0.39 is 0 Å². The number of nitrogens with one attached hydrogen (secondary N) is 1. The van der Waals surface area contributed by atoms with Gasteiger partial charge in [-0.05, 0) is 17.7 Å². The molecule has 0 saturated carbocycles. The smallest absolute Gasteiger partial charge is 0.224 e. The van der Waals surface area contributed by atoms with Crippen LogP contribution in [0.3, 0.4) is 0 Å². The van der Waals surface area contributed by atoms with Gasteiger partial charge in [0.15, 0.2) is 0 Å². The van der Waals surface area contributed by atoms with E-state index in [0.717, 1.165) is 0 Å². The van der Waals surface area contributed by atoms with Gasteiger partial charge >= 0.3 is 0 Å². The molecule has 0 fully saturated rings. The lowest BCUT2D eigenvalue weighted by Gasteiger charge is -2.04. The van der Waals surface area contributed by atoms with E-state index in [2.05, 4.69) is 27.8 Å². The zero-order valence-corrected chi connectivity index (χ0v) is 9.68. The standard InChI is InChI=1S/C11H11BrFNO/c1-2-5-14-11(15)6-8-3-4-9(12)7-10(8)13/h2-4,7H,1,5-6H2,(H,14,15). The highest BCUT2D eigenvalue weighted by Gasteiger charge is 2.07. The Hall–Kier alpha value is -1.16. The van der Waals surface area contributed by atoms with E-state index in [9.17, 15) is 9.18 Å². The molecule has 2 nitrogen and oxygen atoms in total. The Morgan fingerprint density at radius 1 is 1.60 bits per heavy atom. The van der Waals surface area contributed by atoms with E-state index in [-0.39, 0.29) is 18.1 Å². The summed E-state index contributed by atoms with van der Waals surface area (Å²) in [7, 11) is 0. The maximum Gasteiger partial charge on any atom is 0.224 e. The van der Waals surface area contributed by atoms with E-state index in [0.29, 0.717) is 16.6 Å². The predicted molar refractivity (Wildman–Crippen MR) is 61.0 cm³/mol. The van der Waals surface area contributed by atoms with Crippen LogP contribution in [-0.4, -0.2) is 12.5 Å².